The molecule has 5 heteroatoms. The van der Waals surface area contributed by atoms with E-state index in [4.69, 9.17) is 16.3 Å². The Hall–Kier alpha value is -2.20. The summed E-state index contributed by atoms with van der Waals surface area (Å²) in [5.74, 6) is 0.220. The molecular weight excluding hydrogens is 290 g/mol. The van der Waals surface area contributed by atoms with E-state index < -0.39 is 5.97 Å². The average Bonchev–Trinajstić information content (AvgIpc) is 2.53. The number of anilines is 1. The van der Waals surface area contributed by atoms with Crippen molar-refractivity contribution in [3.05, 3.63) is 59.1 Å². The Balaban J connectivity index is 1.84. The van der Waals surface area contributed by atoms with Gasteiger partial charge >= 0.3 is 5.97 Å². The fourth-order valence-electron chi connectivity index (χ4n) is 1.68. The van der Waals surface area contributed by atoms with Gasteiger partial charge in [-0.15, -0.1) is 0 Å². The van der Waals surface area contributed by atoms with Crippen LogP contribution in [0, 0.1) is 0 Å². The van der Waals surface area contributed by atoms with Gasteiger partial charge in [0.05, 0.1) is 7.11 Å². The van der Waals surface area contributed by atoms with Crippen LogP contribution in [-0.2, 0) is 16.1 Å². The molecule has 0 spiro atoms. The van der Waals surface area contributed by atoms with Crippen molar-refractivity contribution < 1.29 is 14.3 Å². The lowest BCUT2D eigenvalue weighted by Gasteiger charge is -2.08. The van der Waals surface area contributed by atoms with E-state index >= 15 is 0 Å². The number of halogens is 1. The van der Waals surface area contributed by atoms with Crippen LogP contribution in [0.1, 0.15) is 5.56 Å². The molecule has 0 aliphatic rings. The predicted octanol–water partition coefficient (Wildman–Crippen LogP) is 3.50. The SMILES string of the molecule is COC(=O)COc1ccc(NCc2ccc(Cl)cc2)cc1. The van der Waals surface area contributed by atoms with Crippen LogP contribution in [0.2, 0.25) is 5.02 Å². The molecule has 4 nitrogen and oxygen atoms in total. The fraction of sp³-hybridized carbons (Fsp3) is 0.188. The Labute approximate surface area is 128 Å². The summed E-state index contributed by atoms with van der Waals surface area (Å²) in [7, 11) is 1.33. The lowest BCUT2D eigenvalue weighted by molar-refractivity contribution is -0.142. The molecule has 2 rings (SSSR count). The van der Waals surface area contributed by atoms with Crippen molar-refractivity contribution in [1.29, 1.82) is 0 Å². The van der Waals surface area contributed by atoms with Crippen molar-refractivity contribution in [1.82, 2.24) is 0 Å². The largest absolute Gasteiger partial charge is 0.482 e. The summed E-state index contributed by atoms with van der Waals surface area (Å²) in [4.78, 5) is 11.0. The molecule has 0 radical (unpaired) electrons. The highest BCUT2D eigenvalue weighted by molar-refractivity contribution is 6.30. The molecule has 0 aromatic heterocycles. The highest BCUT2D eigenvalue weighted by atomic mass is 35.5. The first-order valence-electron chi connectivity index (χ1n) is 6.45. The summed E-state index contributed by atoms with van der Waals surface area (Å²) >= 11 is 5.84. The predicted molar refractivity (Wildman–Crippen MR) is 82.7 cm³/mol. The van der Waals surface area contributed by atoms with E-state index in [1.807, 2.05) is 36.4 Å². The Bertz CT molecular complexity index is 581. The molecule has 0 amide bonds. The molecule has 2 aromatic rings. The molecule has 2 aromatic carbocycles. The molecule has 0 heterocycles. The standard InChI is InChI=1S/C16H16ClNO3/c1-20-16(19)11-21-15-8-6-14(7-9-15)18-10-12-2-4-13(17)5-3-12/h2-9,18H,10-11H2,1H3. The number of benzene rings is 2. The second kappa shape index (κ2) is 7.55. The van der Waals surface area contributed by atoms with Gasteiger partial charge in [0.1, 0.15) is 5.75 Å². The molecule has 0 aliphatic carbocycles. The summed E-state index contributed by atoms with van der Waals surface area (Å²) < 4.78 is 9.78. The van der Waals surface area contributed by atoms with E-state index in [1.54, 1.807) is 12.1 Å². The highest BCUT2D eigenvalue weighted by Crippen LogP contribution is 2.17. The Morgan fingerprint density at radius 3 is 2.38 bits per heavy atom. The average molecular weight is 306 g/mol. The zero-order chi connectivity index (χ0) is 15.1. The van der Waals surface area contributed by atoms with Gasteiger partial charge in [0.25, 0.3) is 0 Å². The number of rotatable bonds is 6. The lowest BCUT2D eigenvalue weighted by atomic mass is 10.2. The third kappa shape index (κ3) is 5.00. The van der Waals surface area contributed by atoms with E-state index in [1.165, 1.54) is 7.11 Å². The van der Waals surface area contributed by atoms with Gasteiger partial charge in [-0.05, 0) is 42.0 Å². The molecule has 0 unspecified atom stereocenters. The molecule has 0 saturated carbocycles. The molecule has 0 saturated heterocycles. The van der Waals surface area contributed by atoms with Gasteiger partial charge in [0.2, 0.25) is 0 Å². The van der Waals surface area contributed by atoms with E-state index in [0.29, 0.717) is 12.3 Å². The first-order chi connectivity index (χ1) is 10.2. The smallest absolute Gasteiger partial charge is 0.343 e. The number of hydrogen-bond acceptors (Lipinski definition) is 4. The van der Waals surface area contributed by atoms with Gasteiger partial charge in [-0.1, -0.05) is 23.7 Å². The minimum atomic E-state index is -0.403. The van der Waals surface area contributed by atoms with Gasteiger partial charge in [-0.3, -0.25) is 0 Å². The Kier molecular flexibility index (Phi) is 5.46. The van der Waals surface area contributed by atoms with Crippen molar-refractivity contribution in [2.24, 2.45) is 0 Å². The van der Waals surface area contributed by atoms with Crippen LogP contribution in [0.5, 0.6) is 5.75 Å². The Morgan fingerprint density at radius 1 is 1.10 bits per heavy atom. The number of hydrogen-bond donors (Lipinski definition) is 1. The maximum atomic E-state index is 11.0. The highest BCUT2D eigenvalue weighted by Gasteiger charge is 2.01. The van der Waals surface area contributed by atoms with Gasteiger partial charge < -0.3 is 14.8 Å². The normalized spacial score (nSPS) is 10.0. The third-order valence-corrected chi connectivity index (χ3v) is 3.10. The van der Waals surface area contributed by atoms with Gasteiger partial charge in [0.15, 0.2) is 6.61 Å². The summed E-state index contributed by atoms with van der Waals surface area (Å²) in [5.41, 5.74) is 2.11. The third-order valence-electron chi connectivity index (χ3n) is 2.85. The monoisotopic (exact) mass is 305 g/mol. The van der Waals surface area contributed by atoms with E-state index in [-0.39, 0.29) is 6.61 Å². The van der Waals surface area contributed by atoms with Crippen LogP contribution in [-0.4, -0.2) is 19.7 Å². The molecule has 21 heavy (non-hydrogen) atoms. The van der Waals surface area contributed by atoms with E-state index in [9.17, 15) is 4.79 Å². The second-order valence-corrected chi connectivity index (χ2v) is 4.81. The van der Waals surface area contributed by atoms with Crippen LogP contribution < -0.4 is 10.1 Å². The van der Waals surface area contributed by atoms with Crippen LogP contribution in [0.25, 0.3) is 0 Å². The van der Waals surface area contributed by atoms with E-state index in [0.717, 1.165) is 16.3 Å². The molecular formula is C16H16ClNO3. The van der Waals surface area contributed by atoms with Gasteiger partial charge in [-0.25, -0.2) is 4.79 Å². The van der Waals surface area contributed by atoms with Crippen molar-refractivity contribution in [2.75, 3.05) is 19.0 Å². The second-order valence-electron chi connectivity index (χ2n) is 4.37. The first kappa shape index (κ1) is 15.2. The van der Waals surface area contributed by atoms with Crippen LogP contribution in [0.3, 0.4) is 0 Å². The van der Waals surface area contributed by atoms with Crippen molar-refractivity contribution in [3.8, 4) is 5.75 Å². The molecule has 0 bridgehead atoms. The summed E-state index contributed by atoms with van der Waals surface area (Å²) in [6, 6.07) is 15.1. The summed E-state index contributed by atoms with van der Waals surface area (Å²) in [5, 5.41) is 4.02. The van der Waals surface area contributed by atoms with E-state index in [2.05, 4.69) is 10.1 Å². The van der Waals surface area contributed by atoms with Crippen LogP contribution >= 0.6 is 11.6 Å². The minimum Gasteiger partial charge on any atom is -0.482 e. The van der Waals surface area contributed by atoms with Crippen molar-refractivity contribution >= 4 is 23.3 Å². The quantitative estimate of drug-likeness (QED) is 0.830. The molecule has 0 aliphatic heterocycles. The lowest BCUT2D eigenvalue weighted by Crippen LogP contribution is -2.12. The number of carbonyl (C=O) groups excluding carboxylic acids is 1. The maximum absolute atomic E-state index is 11.0. The fourth-order valence-corrected chi connectivity index (χ4v) is 1.80. The van der Waals surface area contributed by atoms with Crippen molar-refractivity contribution in [2.45, 2.75) is 6.54 Å². The first-order valence-corrected chi connectivity index (χ1v) is 6.83. The topological polar surface area (TPSA) is 47.6 Å². The summed E-state index contributed by atoms with van der Waals surface area (Å²) in [6.45, 7) is 0.619. The van der Waals surface area contributed by atoms with Gasteiger partial charge in [0, 0.05) is 17.3 Å². The molecule has 0 fully saturated rings. The summed E-state index contributed by atoms with van der Waals surface area (Å²) in [6.07, 6.45) is 0. The maximum Gasteiger partial charge on any atom is 0.343 e. The van der Waals surface area contributed by atoms with Crippen molar-refractivity contribution in [3.63, 3.8) is 0 Å². The zero-order valence-electron chi connectivity index (χ0n) is 11.6. The minimum absolute atomic E-state index is 0.0892. The number of esters is 1. The number of nitrogens with one attached hydrogen (secondary N) is 1. The van der Waals surface area contributed by atoms with Gasteiger partial charge in [-0.2, -0.15) is 0 Å². The zero-order valence-corrected chi connectivity index (χ0v) is 12.4. The molecule has 1 N–H and O–H groups in total. The van der Waals surface area contributed by atoms with Crippen LogP contribution in [0.4, 0.5) is 5.69 Å². The number of methoxy groups -OCH3 is 1. The van der Waals surface area contributed by atoms with Crippen LogP contribution in [0.15, 0.2) is 48.5 Å². The number of ether oxygens (including phenoxy) is 2. The Morgan fingerprint density at radius 2 is 1.76 bits per heavy atom. The molecule has 110 valence electrons. The number of carbonyl (C=O) groups is 1. The molecule has 0 atom stereocenters.